The number of amides is 1. The second-order valence-electron chi connectivity index (χ2n) is 9.36. The molecule has 0 bridgehead atoms. The first-order chi connectivity index (χ1) is 17.0. The second kappa shape index (κ2) is 9.65. The van der Waals surface area contributed by atoms with Crippen LogP contribution in [-0.2, 0) is 0 Å². The molecule has 3 heterocycles. The largest absolute Gasteiger partial charge is 0.497 e. The summed E-state index contributed by atoms with van der Waals surface area (Å²) in [6.45, 7) is 7.64. The maximum Gasteiger partial charge on any atom is 0.257 e. The average molecular weight is 477 g/mol. The molecule has 2 aromatic heterocycles. The van der Waals surface area contributed by atoms with E-state index in [9.17, 15) is 4.79 Å². The van der Waals surface area contributed by atoms with Crippen LogP contribution in [0.1, 0.15) is 48.7 Å². The zero-order valence-corrected chi connectivity index (χ0v) is 20.8. The molecule has 0 atom stereocenters. The van der Waals surface area contributed by atoms with Crippen molar-refractivity contribution in [3.05, 3.63) is 47.9 Å². The Morgan fingerprint density at radius 3 is 2.49 bits per heavy atom. The molecular formula is C26H32N6O3. The number of benzene rings is 1. The summed E-state index contributed by atoms with van der Waals surface area (Å²) in [5.41, 5.74) is 3.07. The Bertz CT molecular complexity index is 1210. The van der Waals surface area contributed by atoms with Crippen LogP contribution in [0.3, 0.4) is 0 Å². The van der Waals surface area contributed by atoms with Crippen molar-refractivity contribution in [3.8, 4) is 28.7 Å². The topological polar surface area (TPSA) is 85.6 Å². The lowest BCUT2D eigenvalue weighted by atomic mass is 10.1. The summed E-state index contributed by atoms with van der Waals surface area (Å²) in [6.07, 6.45) is 5.47. The summed E-state index contributed by atoms with van der Waals surface area (Å²) >= 11 is 0. The van der Waals surface area contributed by atoms with E-state index in [0.29, 0.717) is 40.7 Å². The first-order valence-electron chi connectivity index (χ1n) is 12.2. The summed E-state index contributed by atoms with van der Waals surface area (Å²) in [6, 6.07) is 7.92. The predicted molar refractivity (Wildman–Crippen MR) is 132 cm³/mol. The van der Waals surface area contributed by atoms with Gasteiger partial charge in [-0.25, -0.2) is 14.6 Å². The van der Waals surface area contributed by atoms with Crippen molar-refractivity contribution in [1.29, 1.82) is 0 Å². The van der Waals surface area contributed by atoms with E-state index in [-0.39, 0.29) is 5.91 Å². The van der Waals surface area contributed by atoms with Crippen molar-refractivity contribution >= 4 is 5.91 Å². The molecule has 0 spiro atoms. The van der Waals surface area contributed by atoms with Gasteiger partial charge < -0.3 is 14.4 Å². The molecule has 0 N–H and O–H groups in total. The van der Waals surface area contributed by atoms with Crippen LogP contribution in [0.15, 0.2) is 36.7 Å². The molecule has 1 saturated heterocycles. The average Bonchev–Trinajstić information content (AvgIpc) is 3.65. The van der Waals surface area contributed by atoms with Crippen LogP contribution in [0.4, 0.5) is 0 Å². The summed E-state index contributed by atoms with van der Waals surface area (Å²) in [4.78, 5) is 27.2. The quantitative estimate of drug-likeness (QED) is 0.517. The van der Waals surface area contributed by atoms with Gasteiger partial charge in [-0.3, -0.25) is 9.69 Å². The highest BCUT2D eigenvalue weighted by Crippen LogP contribution is 2.42. The first kappa shape index (κ1) is 23.3. The van der Waals surface area contributed by atoms with Gasteiger partial charge in [0, 0.05) is 49.9 Å². The summed E-state index contributed by atoms with van der Waals surface area (Å²) in [7, 11) is 3.26. The van der Waals surface area contributed by atoms with Crippen molar-refractivity contribution in [3.63, 3.8) is 0 Å². The molecule has 2 fully saturated rings. The van der Waals surface area contributed by atoms with Crippen LogP contribution >= 0.6 is 0 Å². The molecule has 9 nitrogen and oxygen atoms in total. The van der Waals surface area contributed by atoms with Crippen molar-refractivity contribution in [2.24, 2.45) is 0 Å². The number of piperazine rings is 1. The van der Waals surface area contributed by atoms with Gasteiger partial charge in [-0.15, -0.1) is 0 Å². The second-order valence-corrected chi connectivity index (χ2v) is 9.36. The Morgan fingerprint density at radius 2 is 1.83 bits per heavy atom. The van der Waals surface area contributed by atoms with Crippen LogP contribution in [0, 0.1) is 0 Å². The molecular weight excluding hydrogens is 444 g/mol. The number of hydrogen-bond donors (Lipinski definition) is 0. The lowest BCUT2D eigenvalue weighted by Crippen LogP contribution is -2.50. The molecule has 1 aromatic carbocycles. The van der Waals surface area contributed by atoms with Crippen LogP contribution < -0.4 is 9.47 Å². The Morgan fingerprint density at radius 1 is 1.06 bits per heavy atom. The predicted octanol–water partition coefficient (Wildman–Crippen LogP) is 3.39. The van der Waals surface area contributed by atoms with Crippen molar-refractivity contribution in [2.45, 2.75) is 38.6 Å². The minimum Gasteiger partial charge on any atom is -0.497 e. The minimum absolute atomic E-state index is 0.0483. The van der Waals surface area contributed by atoms with Gasteiger partial charge in [0.15, 0.2) is 0 Å². The Labute approximate surface area is 205 Å². The van der Waals surface area contributed by atoms with E-state index in [4.69, 9.17) is 14.5 Å². The summed E-state index contributed by atoms with van der Waals surface area (Å²) < 4.78 is 12.7. The third-order valence-corrected chi connectivity index (χ3v) is 6.85. The Hall–Kier alpha value is -3.46. The number of aromatic nitrogens is 4. The molecule has 1 aliphatic carbocycles. The van der Waals surface area contributed by atoms with E-state index in [1.165, 1.54) is 0 Å². The lowest BCUT2D eigenvalue weighted by Gasteiger charge is -2.36. The van der Waals surface area contributed by atoms with E-state index in [0.717, 1.165) is 50.3 Å². The van der Waals surface area contributed by atoms with Crippen molar-refractivity contribution in [2.75, 3.05) is 40.4 Å². The van der Waals surface area contributed by atoms with Crippen LogP contribution in [0.25, 0.3) is 17.2 Å². The number of ether oxygens (including phenoxy) is 2. The smallest absolute Gasteiger partial charge is 0.257 e. The van der Waals surface area contributed by atoms with Gasteiger partial charge in [-0.1, -0.05) is 0 Å². The molecule has 9 heteroatoms. The maximum atomic E-state index is 13.5. The van der Waals surface area contributed by atoms with Gasteiger partial charge in [0.05, 0.1) is 37.4 Å². The Kier molecular flexibility index (Phi) is 6.42. The highest BCUT2D eigenvalue weighted by Gasteiger charge is 2.35. The van der Waals surface area contributed by atoms with E-state index < -0.39 is 0 Å². The molecule has 1 amide bonds. The fraction of sp³-hybridized carbons (Fsp3) is 0.462. The third kappa shape index (κ3) is 4.60. The molecule has 1 saturated carbocycles. The number of hydrogen-bond acceptors (Lipinski definition) is 7. The monoisotopic (exact) mass is 476 g/mol. The molecule has 1 aliphatic heterocycles. The molecule has 0 radical (unpaired) electrons. The standard InChI is InChI=1S/C26H32N6O3/c1-17(2)30-11-13-31(14-12-30)25(33)21-16-28-32(24(21)18-5-6-18)26-27-10-9-22(29-26)20-15-19(34-3)7-8-23(20)35-4/h7-10,15-18H,5-6,11-14H2,1-4H3. The van der Waals surface area contributed by atoms with Crippen LogP contribution in [0.5, 0.6) is 11.5 Å². The maximum absolute atomic E-state index is 13.5. The number of carbonyl (C=O) groups excluding carboxylic acids is 1. The van der Waals surface area contributed by atoms with Gasteiger partial charge >= 0.3 is 0 Å². The van der Waals surface area contributed by atoms with Crippen LogP contribution in [-0.4, -0.2) is 81.9 Å². The van der Waals surface area contributed by atoms with Gasteiger partial charge in [0.25, 0.3) is 11.9 Å². The molecule has 35 heavy (non-hydrogen) atoms. The number of nitrogens with zero attached hydrogens (tertiary/aromatic N) is 6. The van der Waals surface area contributed by atoms with E-state index in [1.54, 1.807) is 31.3 Å². The van der Waals surface area contributed by atoms with E-state index >= 15 is 0 Å². The van der Waals surface area contributed by atoms with Gasteiger partial charge in [0.2, 0.25) is 0 Å². The minimum atomic E-state index is 0.0483. The van der Waals surface area contributed by atoms with Crippen LogP contribution in [0.2, 0.25) is 0 Å². The first-order valence-corrected chi connectivity index (χ1v) is 12.2. The molecule has 3 aromatic rings. The fourth-order valence-corrected chi connectivity index (χ4v) is 4.66. The SMILES string of the molecule is COc1ccc(OC)c(-c2ccnc(-n3ncc(C(=O)N4CCN(C(C)C)CC4)c3C3CC3)n2)c1. The Balaban J connectivity index is 1.47. The summed E-state index contributed by atoms with van der Waals surface area (Å²) in [5.74, 6) is 2.19. The fourth-order valence-electron chi connectivity index (χ4n) is 4.66. The third-order valence-electron chi connectivity index (χ3n) is 6.85. The van der Waals surface area contributed by atoms with Gasteiger partial charge in [-0.2, -0.15) is 5.10 Å². The molecule has 2 aliphatic rings. The molecule has 5 rings (SSSR count). The van der Waals surface area contributed by atoms with Crippen molar-refractivity contribution < 1.29 is 14.3 Å². The summed E-state index contributed by atoms with van der Waals surface area (Å²) in [5, 5.41) is 4.60. The zero-order valence-electron chi connectivity index (χ0n) is 20.8. The van der Waals surface area contributed by atoms with Gasteiger partial charge in [0.1, 0.15) is 11.5 Å². The zero-order chi connectivity index (χ0) is 24.5. The van der Waals surface area contributed by atoms with Gasteiger partial charge in [-0.05, 0) is 51.0 Å². The molecule has 184 valence electrons. The lowest BCUT2D eigenvalue weighted by molar-refractivity contribution is 0.0594. The highest BCUT2D eigenvalue weighted by molar-refractivity contribution is 5.95. The highest BCUT2D eigenvalue weighted by atomic mass is 16.5. The van der Waals surface area contributed by atoms with E-state index in [1.807, 2.05) is 29.2 Å². The van der Waals surface area contributed by atoms with Crippen molar-refractivity contribution in [1.82, 2.24) is 29.5 Å². The number of carbonyl (C=O) groups is 1. The number of rotatable bonds is 7. The normalized spacial score (nSPS) is 16.5. The number of methoxy groups -OCH3 is 2. The van der Waals surface area contributed by atoms with E-state index in [2.05, 4.69) is 28.8 Å². The molecule has 0 unspecified atom stereocenters.